The fourth-order valence-corrected chi connectivity index (χ4v) is 6.90. The molecule has 2 aromatic rings. The van der Waals surface area contributed by atoms with Crippen molar-refractivity contribution in [3.63, 3.8) is 0 Å². The van der Waals surface area contributed by atoms with Gasteiger partial charge in [0.25, 0.3) is 10.1 Å². The van der Waals surface area contributed by atoms with Crippen LogP contribution >= 0.6 is 22.7 Å². The average molecular weight is 574 g/mol. The van der Waals surface area contributed by atoms with E-state index < -0.39 is 21.7 Å². The van der Waals surface area contributed by atoms with Crippen LogP contribution in [0.25, 0.3) is 0 Å². The second-order valence-corrected chi connectivity index (χ2v) is 13.1. The summed E-state index contributed by atoms with van der Waals surface area (Å²) in [6.07, 6.45) is 8.12. The average Bonchev–Trinajstić information content (AvgIpc) is 3.58. The number of carbonyl (C=O) groups is 1. The molecule has 0 unspecified atom stereocenters. The molecule has 0 spiro atoms. The second kappa shape index (κ2) is 14.7. The number of aliphatic carboxylic acids is 1. The zero-order valence-corrected chi connectivity index (χ0v) is 24.1. The van der Waals surface area contributed by atoms with Crippen molar-refractivity contribution in [3.05, 3.63) is 44.8 Å². The lowest BCUT2D eigenvalue weighted by Crippen LogP contribution is -2.44. The summed E-state index contributed by atoms with van der Waals surface area (Å²) >= 11 is 2.84. The Morgan fingerprint density at radius 3 is 2.11 bits per heavy atom. The number of rotatable bonds is 17. The van der Waals surface area contributed by atoms with Crippen molar-refractivity contribution in [1.82, 2.24) is 4.90 Å². The molecule has 1 saturated carbocycles. The van der Waals surface area contributed by atoms with Gasteiger partial charge in [-0.15, -0.1) is 22.7 Å². The van der Waals surface area contributed by atoms with Gasteiger partial charge in [-0.3, -0.25) is 4.18 Å². The van der Waals surface area contributed by atoms with Crippen molar-refractivity contribution in [3.8, 4) is 0 Å². The predicted molar refractivity (Wildman–Crippen MR) is 147 cm³/mol. The standard InChI is InChI=1S/C26H39NO7S3/c1-27(15-18-32-16-5-3-4-6-17-33-37(2,30)31)21-11-13-22(14-12-21)34-26(25(28)29,23-9-7-19-35-23)24-10-8-20-36-24/h7-10,19-22H,3-6,11-18H2,1-2H3,(H,28,29). The van der Waals surface area contributed by atoms with E-state index in [0.29, 0.717) is 29.0 Å². The molecule has 1 N–H and O–H groups in total. The Labute approximate surface area is 228 Å². The number of likely N-dealkylation sites (N-methyl/N-ethyl adjacent to an activating group) is 1. The Kier molecular flexibility index (Phi) is 12.0. The maximum absolute atomic E-state index is 12.6. The smallest absolute Gasteiger partial charge is 0.347 e. The summed E-state index contributed by atoms with van der Waals surface area (Å²) in [4.78, 5) is 16.4. The highest BCUT2D eigenvalue weighted by atomic mass is 32.2. The van der Waals surface area contributed by atoms with Gasteiger partial charge in [-0.05, 0) is 68.5 Å². The zero-order chi connectivity index (χ0) is 26.7. The highest BCUT2D eigenvalue weighted by Gasteiger charge is 2.48. The molecule has 208 valence electrons. The molecule has 1 aliphatic rings. The molecule has 2 heterocycles. The van der Waals surface area contributed by atoms with E-state index >= 15 is 0 Å². The molecule has 1 aliphatic carbocycles. The Hall–Kier alpha value is -1.34. The molecule has 0 bridgehead atoms. The molecule has 3 rings (SSSR count). The minimum absolute atomic E-state index is 0.107. The van der Waals surface area contributed by atoms with Gasteiger partial charge in [0.15, 0.2) is 0 Å². The summed E-state index contributed by atoms with van der Waals surface area (Å²) in [5, 5.41) is 14.1. The van der Waals surface area contributed by atoms with E-state index in [1.54, 1.807) is 0 Å². The van der Waals surface area contributed by atoms with Crippen molar-refractivity contribution < 1.29 is 32.0 Å². The number of carboxylic acids is 1. The summed E-state index contributed by atoms with van der Waals surface area (Å²) in [6, 6.07) is 7.89. The van der Waals surface area contributed by atoms with Crippen LogP contribution in [0, 0.1) is 0 Å². The van der Waals surface area contributed by atoms with Crippen LogP contribution < -0.4 is 0 Å². The zero-order valence-electron chi connectivity index (χ0n) is 21.7. The fraction of sp³-hybridized carbons (Fsp3) is 0.654. The van der Waals surface area contributed by atoms with Gasteiger partial charge >= 0.3 is 5.97 Å². The van der Waals surface area contributed by atoms with Gasteiger partial charge in [0, 0.05) is 19.2 Å². The number of unbranched alkanes of at least 4 members (excludes halogenated alkanes) is 3. The summed E-state index contributed by atoms with van der Waals surface area (Å²) in [6.45, 7) is 2.46. The number of nitrogens with zero attached hydrogens (tertiary/aromatic N) is 1. The van der Waals surface area contributed by atoms with Crippen LogP contribution in [0.1, 0.15) is 61.1 Å². The normalized spacial score (nSPS) is 18.9. The molecule has 11 heteroatoms. The van der Waals surface area contributed by atoms with Crippen molar-refractivity contribution in [2.45, 2.75) is 69.1 Å². The summed E-state index contributed by atoms with van der Waals surface area (Å²) in [7, 11) is -1.22. The van der Waals surface area contributed by atoms with Crippen molar-refractivity contribution in [1.29, 1.82) is 0 Å². The lowest BCUT2D eigenvalue weighted by Gasteiger charge is -2.38. The van der Waals surface area contributed by atoms with Crippen LogP contribution in [0.4, 0.5) is 0 Å². The molecule has 2 aromatic heterocycles. The van der Waals surface area contributed by atoms with Gasteiger partial charge in [-0.25, -0.2) is 4.79 Å². The summed E-state index contributed by atoms with van der Waals surface area (Å²) < 4.78 is 38.8. The quantitative estimate of drug-likeness (QED) is 0.210. The minimum atomic E-state index is -3.34. The van der Waals surface area contributed by atoms with Crippen LogP contribution in [-0.4, -0.2) is 76.2 Å². The lowest BCUT2D eigenvalue weighted by atomic mass is 9.90. The van der Waals surface area contributed by atoms with Gasteiger partial charge in [-0.2, -0.15) is 8.42 Å². The van der Waals surface area contributed by atoms with Gasteiger partial charge in [-0.1, -0.05) is 25.0 Å². The Morgan fingerprint density at radius 2 is 1.59 bits per heavy atom. The van der Waals surface area contributed by atoms with E-state index in [9.17, 15) is 18.3 Å². The van der Waals surface area contributed by atoms with Crippen LogP contribution in [0.15, 0.2) is 35.0 Å². The van der Waals surface area contributed by atoms with E-state index in [2.05, 4.69) is 11.9 Å². The first-order chi connectivity index (χ1) is 17.7. The first-order valence-electron chi connectivity index (χ1n) is 12.8. The van der Waals surface area contributed by atoms with E-state index in [4.69, 9.17) is 13.7 Å². The highest BCUT2D eigenvalue weighted by molar-refractivity contribution is 7.85. The second-order valence-electron chi connectivity index (χ2n) is 9.52. The first-order valence-corrected chi connectivity index (χ1v) is 16.4. The highest BCUT2D eigenvalue weighted by Crippen LogP contribution is 2.42. The number of ether oxygens (including phenoxy) is 2. The van der Waals surface area contributed by atoms with Gasteiger partial charge < -0.3 is 19.5 Å². The lowest BCUT2D eigenvalue weighted by molar-refractivity contribution is -0.170. The summed E-state index contributed by atoms with van der Waals surface area (Å²) in [5.41, 5.74) is -1.44. The molecule has 0 saturated heterocycles. The van der Waals surface area contributed by atoms with Gasteiger partial charge in [0.2, 0.25) is 5.60 Å². The Bertz CT molecular complexity index is 983. The molecular formula is C26H39NO7S3. The van der Waals surface area contributed by atoms with Gasteiger partial charge in [0.05, 0.1) is 35.3 Å². The van der Waals surface area contributed by atoms with E-state index in [-0.39, 0.29) is 12.7 Å². The Balaban J connectivity index is 1.36. The number of hydrogen-bond acceptors (Lipinski definition) is 9. The van der Waals surface area contributed by atoms with E-state index in [0.717, 1.165) is 64.2 Å². The number of thiophene rings is 2. The fourth-order valence-electron chi connectivity index (χ4n) is 4.67. The summed E-state index contributed by atoms with van der Waals surface area (Å²) in [5.74, 6) is -0.962. The third kappa shape index (κ3) is 9.12. The molecule has 0 atom stereocenters. The van der Waals surface area contributed by atoms with Crippen LogP contribution in [0.3, 0.4) is 0 Å². The molecular weight excluding hydrogens is 534 g/mol. The number of hydrogen-bond donors (Lipinski definition) is 1. The Morgan fingerprint density at radius 1 is 1.00 bits per heavy atom. The molecule has 0 amide bonds. The predicted octanol–water partition coefficient (Wildman–Crippen LogP) is 4.95. The van der Waals surface area contributed by atoms with Crippen LogP contribution in [-0.2, 0) is 34.2 Å². The molecule has 0 aliphatic heterocycles. The van der Waals surface area contributed by atoms with Crippen molar-refractivity contribution >= 4 is 38.8 Å². The largest absolute Gasteiger partial charge is 0.479 e. The van der Waals surface area contributed by atoms with E-state index in [1.165, 1.54) is 22.7 Å². The third-order valence-electron chi connectivity index (χ3n) is 6.72. The molecule has 0 radical (unpaired) electrons. The number of carboxylic acid groups (broad SMARTS) is 1. The van der Waals surface area contributed by atoms with Crippen molar-refractivity contribution in [2.24, 2.45) is 0 Å². The van der Waals surface area contributed by atoms with Gasteiger partial charge in [0.1, 0.15) is 0 Å². The first kappa shape index (κ1) is 30.2. The SMILES string of the molecule is CN(CCOCCCCCCOS(C)(=O)=O)C1CCC(OC(C(=O)O)(c2cccs2)c2cccs2)CC1. The third-order valence-corrected chi connectivity index (χ3v) is 9.25. The monoisotopic (exact) mass is 573 g/mol. The minimum Gasteiger partial charge on any atom is -0.479 e. The maximum Gasteiger partial charge on any atom is 0.347 e. The topological polar surface area (TPSA) is 102 Å². The van der Waals surface area contributed by atoms with Crippen LogP contribution in [0.5, 0.6) is 0 Å². The molecule has 0 aromatic carbocycles. The van der Waals surface area contributed by atoms with E-state index in [1.807, 2.05) is 35.0 Å². The maximum atomic E-state index is 12.6. The molecule has 37 heavy (non-hydrogen) atoms. The van der Waals surface area contributed by atoms with Crippen LogP contribution in [0.2, 0.25) is 0 Å². The molecule has 8 nitrogen and oxygen atoms in total. The molecule has 1 fully saturated rings. The van der Waals surface area contributed by atoms with Crippen molar-refractivity contribution in [2.75, 3.05) is 39.7 Å².